The third-order valence-electron chi connectivity index (χ3n) is 10.6. The maximum atomic E-state index is 15.3. The molecule has 0 fully saturated rings. The van der Waals surface area contributed by atoms with Crippen molar-refractivity contribution in [3.63, 3.8) is 0 Å². The number of halogens is 2. The summed E-state index contributed by atoms with van der Waals surface area (Å²) in [6.07, 6.45) is 11.5. The quantitative estimate of drug-likeness (QED) is 0.156. The average molecular weight is 741 g/mol. The molecule has 3 aromatic rings. The Kier molecular flexibility index (Phi) is 12.1. The van der Waals surface area contributed by atoms with Crippen molar-refractivity contribution in [3.8, 4) is 10.4 Å². The summed E-state index contributed by atoms with van der Waals surface area (Å²) in [4.78, 5) is 36.8. The van der Waals surface area contributed by atoms with E-state index in [1.807, 2.05) is 60.1 Å². The predicted octanol–water partition coefficient (Wildman–Crippen LogP) is 12.1. The lowest BCUT2D eigenvalue weighted by atomic mass is 9.98. The van der Waals surface area contributed by atoms with Crippen molar-refractivity contribution in [2.45, 2.75) is 92.9 Å². The number of rotatable bonds is 15. The summed E-state index contributed by atoms with van der Waals surface area (Å²) in [5.41, 5.74) is 4.88. The maximum absolute atomic E-state index is 15.3. The standard InChI is InChI=1S/C44H50F2N2O2S2/c1-7-11-14-30(10-4)26-48-42(38-22-21-36(52-38)32-20-18-28(6)24-34(32)46)40-39(43(48)49)41(47(44(40)50)25-29(9-3)13-8-2)37-16-12-15-35(51-37)31-19-17-27(5)23-33(31)45/h15-24,29-30H,7-14,25-26H2,1-6H3. The van der Waals surface area contributed by atoms with Gasteiger partial charge in [-0.2, -0.15) is 0 Å². The zero-order chi connectivity index (χ0) is 37.1. The van der Waals surface area contributed by atoms with E-state index in [4.69, 9.17) is 0 Å². The third kappa shape index (κ3) is 7.52. The van der Waals surface area contributed by atoms with Crippen molar-refractivity contribution in [2.75, 3.05) is 13.1 Å². The van der Waals surface area contributed by atoms with Gasteiger partial charge in [0.25, 0.3) is 11.8 Å². The Labute approximate surface area is 316 Å². The number of carbonyl (C=O) groups is 2. The predicted molar refractivity (Wildman–Crippen MR) is 213 cm³/mol. The highest BCUT2D eigenvalue weighted by molar-refractivity contribution is 8.12. The van der Waals surface area contributed by atoms with Gasteiger partial charge >= 0.3 is 0 Å². The van der Waals surface area contributed by atoms with Gasteiger partial charge in [-0.15, -0.1) is 11.3 Å². The number of fused-ring (bicyclic) bond motifs is 1. The van der Waals surface area contributed by atoms with Gasteiger partial charge in [-0.25, -0.2) is 8.78 Å². The van der Waals surface area contributed by atoms with Crippen LogP contribution in [0, 0.1) is 37.3 Å². The molecular formula is C44H50F2N2O2S2. The second-order valence-electron chi connectivity index (χ2n) is 14.4. The van der Waals surface area contributed by atoms with Crippen LogP contribution in [0.3, 0.4) is 0 Å². The molecule has 2 amide bonds. The first-order valence-corrected chi connectivity index (χ1v) is 20.6. The molecule has 2 atom stereocenters. The fourth-order valence-electron chi connectivity index (χ4n) is 7.56. The molecule has 0 N–H and O–H groups in total. The summed E-state index contributed by atoms with van der Waals surface area (Å²) in [6.45, 7) is 13.4. The summed E-state index contributed by atoms with van der Waals surface area (Å²) in [5, 5.41) is 0. The van der Waals surface area contributed by atoms with Crippen LogP contribution in [0.1, 0.15) is 101 Å². The molecule has 0 saturated carbocycles. The topological polar surface area (TPSA) is 40.6 Å². The summed E-state index contributed by atoms with van der Waals surface area (Å²) >= 11 is 2.86. The van der Waals surface area contributed by atoms with E-state index in [2.05, 4.69) is 33.8 Å². The minimum absolute atomic E-state index is 0.162. The lowest BCUT2D eigenvalue weighted by Crippen LogP contribution is -2.35. The van der Waals surface area contributed by atoms with Crippen LogP contribution in [-0.2, 0) is 9.59 Å². The number of allylic oxidation sites excluding steroid dienone is 2. The molecule has 2 aromatic carbocycles. The van der Waals surface area contributed by atoms with Crippen LogP contribution in [-0.4, -0.2) is 34.7 Å². The molecule has 0 bridgehead atoms. The van der Waals surface area contributed by atoms with Gasteiger partial charge in [-0.05, 0) is 80.3 Å². The molecule has 8 heteroatoms. The van der Waals surface area contributed by atoms with Crippen molar-refractivity contribution in [1.82, 2.24) is 9.80 Å². The summed E-state index contributed by atoms with van der Waals surface area (Å²) in [7, 11) is 0. The third-order valence-corrected chi connectivity index (χ3v) is 12.9. The highest BCUT2D eigenvalue weighted by atomic mass is 32.2. The second-order valence-corrected chi connectivity index (χ2v) is 16.5. The first-order valence-electron chi connectivity index (χ1n) is 18.9. The number of unbranched alkanes of at least 4 members (excludes halogenated alkanes) is 1. The van der Waals surface area contributed by atoms with E-state index in [0.29, 0.717) is 53.2 Å². The number of benzene rings is 2. The van der Waals surface area contributed by atoms with Gasteiger partial charge in [-0.1, -0.05) is 108 Å². The molecule has 274 valence electrons. The van der Waals surface area contributed by atoms with Crippen molar-refractivity contribution >= 4 is 45.5 Å². The number of carbonyl (C=O) groups excluding carboxylic acids is 2. The zero-order valence-corrected chi connectivity index (χ0v) is 32.9. The molecule has 4 nitrogen and oxygen atoms in total. The summed E-state index contributed by atoms with van der Waals surface area (Å²) in [6, 6.07) is 14.3. The summed E-state index contributed by atoms with van der Waals surface area (Å²) < 4.78 is 30.5. The first-order chi connectivity index (χ1) is 25.1. The molecule has 2 unspecified atom stereocenters. The minimum atomic E-state index is -0.293. The number of amides is 2. The Morgan fingerprint density at radius 1 is 0.673 bits per heavy atom. The van der Waals surface area contributed by atoms with Gasteiger partial charge < -0.3 is 9.80 Å². The molecule has 0 aliphatic carbocycles. The molecule has 6 rings (SSSR count). The Hall–Kier alpha value is -3.75. The van der Waals surface area contributed by atoms with Crippen molar-refractivity contribution < 1.29 is 18.4 Å². The average Bonchev–Trinajstić information content (AvgIpc) is 3.79. The Balaban J connectivity index is 1.51. The van der Waals surface area contributed by atoms with Gasteiger partial charge in [0, 0.05) is 38.9 Å². The van der Waals surface area contributed by atoms with E-state index in [9.17, 15) is 4.79 Å². The van der Waals surface area contributed by atoms with Crippen LogP contribution in [0.4, 0.5) is 8.78 Å². The van der Waals surface area contributed by atoms with Crippen LogP contribution < -0.4 is 0 Å². The normalized spacial score (nSPS) is 17.3. The number of hydrogen-bond donors (Lipinski definition) is 0. The molecular weight excluding hydrogens is 691 g/mol. The molecule has 0 spiro atoms. The lowest BCUT2D eigenvalue weighted by molar-refractivity contribution is -0.124. The van der Waals surface area contributed by atoms with Gasteiger partial charge in [0.05, 0.1) is 27.4 Å². The van der Waals surface area contributed by atoms with Crippen LogP contribution in [0.2, 0.25) is 0 Å². The molecule has 3 aliphatic rings. The maximum Gasteiger partial charge on any atom is 0.261 e. The smallest absolute Gasteiger partial charge is 0.261 e. The molecule has 1 aromatic heterocycles. The summed E-state index contributed by atoms with van der Waals surface area (Å²) in [5.74, 6) is -0.382. The highest BCUT2D eigenvalue weighted by Gasteiger charge is 2.50. The number of thioether (sulfide) groups is 1. The van der Waals surface area contributed by atoms with Gasteiger partial charge in [0.2, 0.25) is 0 Å². The molecule has 52 heavy (non-hydrogen) atoms. The van der Waals surface area contributed by atoms with E-state index in [0.717, 1.165) is 75.6 Å². The fraction of sp³-hybridized carbons (Fsp3) is 0.409. The minimum Gasteiger partial charge on any atom is -0.306 e. The fourth-order valence-corrected chi connectivity index (χ4v) is 9.83. The van der Waals surface area contributed by atoms with Gasteiger partial charge in [0.1, 0.15) is 11.6 Å². The molecule has 4 heterocycles. The molecule has 0 saturated heterocycles. The zero-order valence-electron chi connectivity index (χ0n) is 31.3. The van der Waals surface area contributed by atoms with E-state index >= 15 is 13.6 Å². The first kappa shape index (κ1) is 38.0. The van der Waals surface area contributed by atoms with Crippen LogP contribution in [0.15, 0.2) is 82.4 Å². The van der Waals surface area contributed by atoms with E-state index < -0.39 is 0 Å². The number of aryl methyl sites for hydroxylation is 2. The van der Waals surface area contributed by atoms with E-state index in [1.165, 1.54) is 29.2 Å². The Morgan fingerprint density at radius 3 is 1.83 bits per heavy atom. The number of nitrogens with zero attached hydrogens (tertiary/aromatic N) is 2. The second kappa shape index (κ2) is 16.5. The Morgan fingerprint density at radius 2 is 1.23 bits per heavy atom. The lowest BCUT2D eigenvalue weighted by Gasteiger charge is -2.30. The van der Waals surface area contributed by atoms with Gasteiger partial charge in [-0.3, -0.25) is 9.59 Å². The van der Waals surface area contributed by atoms with Crippen LogP contribution in [0.25, 0.3) is 21.0 Å². The Bertz CT molecular complexity index is 1990. The van der Waals surface area contributed by atoms with Crippen molar-refractivity contribution in [2.24, 2.45) is 11.8 Å². The number of thiophene rings is 1. The number of hydrogen-bond acceptors (Lipinski definition) is 4. The van der Waals surface area contributed by atoms with E-state index in [1.54, 1.807) is 12.1 Å². The largest absolute Gasteiger partial charge is 0.306 e. The van der Waals surface area contributed by atoms with Crippen molar-refractivity contribution in [1.29, 1.82) is 0 Å². The van der Waals surface area contributed by atoms with Crippen LogP contribution in [0.5, 0.6) is 0 Å². The molecule has 0 radical (unpaired) electrons. The van der Waals surface area contributed by atoms with Crippen molar-refractivity contribution in [3.05, 3.63) is 116 Å². The SMILES string of the molecule is CCCCC(CC)CN1C(=O)C2=C(C3=CCC=C(c4ccc(C)cc4F)S3)N(CC(CC)CCC)C(=O)C2=C1c1ccc(-c2ccc(C)cc2F)s1. The monoisotopic (exact) mass is 740 g/mol. The van der Waals surface area contributed by atoms with Gasteiger partial charge in [0.15, 0.2) is 0 Å². The van der Waals surface area contributed by atoms with Crippen LogP contribution >= 0.6 is 23.1 Å². The van der Waals surface area contributed by atoms with E-state index in [-0.39, 0.29) is 35.3 Å². The molecule has 3 aliphatic heterocycles. The highest BCUT2D eigenvalue weighted by Crippen LogP contribution is 2.52.